The summed E-state index contributed by atoms with van der Waals surface area (Å²) in [6.45, 7) is 0. The Morgan fingerprint density at radius 3 is 1.48 bits per heavy atom. The van der Waals surface area contributed by atoms with E-state index < -0.39 is 18.9 Å². The zero-order valence-electron chi connectivity index (χ0n) is 15.8. The molecule has 3 heteroatoms. The Labute approximate surface area is 170 Å². The van der Waals surface area contributed by atoms with Crippen LogP contribution < -0.4 is 10.6 Å². The van der Waals surface area contributed by atoms with Gasteiger partial charge < -0.3 is 9.67 Å². The van der Waals surface area contributed by atoms with Crippen molar-refractivity contribution in [3.63, 3.8) is 0 Å². The summed E-state index contributed by atoms with van der Waals surface area (Å²) in [7, 11) is -3.15. The van der Waals surface area contributed by atoms with Gasteiger partial charge in [0.05, 0.1) is 11.8 Å². The summed E-state index contributed by atoms with van der Waals surface area (Å²) in [6, 6.07) is 35.2. The highest BCUT2D eigenvalue weighted by Gasteiger charge is 2.48. The van der Waals surface area contributed by atoms with Gasteiger partial charge in [-0.25, -0.2) is 0 Å². The smallest absolute Gasteiger partial charge is 0.154 e. The highest BCUT2D eigenvalue weighted by Crippen LogP contribution is 2.66. The largest absolute Gasteiger partial charge is 0.387 e. The van der Waals surface area contributed by atoms with E-state index in [2.05, 4.69) is 0 Å². The minimum Gasteiger partial charge on any atom is -0.387 e. The molecule has 2 nitrogen and oxygen atoms in total. The molecule has 0 saturated heterocycles. The second-order valence-electron chi connectivity index (χ2n) is 7.40. The van der Waals surface area contributed by atoms with E-state index in [0.29, 0.717) is 0 Å². The summed E-state index contributed by atoms with van der Waals surface area (Å²) in [5, 5.41) is 13.2. The molecule has 0 aliphatic carbocycles. The van der Waals surface area contributed by atoms with E-state index in [1.54, 1.807) is 0 Å². The molecule has 5 rings (SSSR count). The number of hydrogen-bond acceptors (Lipinski definition) is 2. The molecule has 1 aliphatic heterocycles. The van der Waals surface area contributed by atoms with Crippen LogP contribution in [0.1, 0.15) is 22.9 Å². The molecule has 4 aromatic carbocycles. The van der Waals surface area contributed by atoms with Crippen molar-refractivity contribution in [2.45, 2.75) is 11.8 Å². The number of benzene rings is 4. The van der Waals surface area contributed by atoms with Crippen LogP contribution >= 0.6 is 7.14 Å². The molecule has 0 aromatic heterocycles. The number of aliphatic hydroxyl groups excluding tert-OH is 1. The van der Waals surface area contributed by atoms with Gasteiger partial charge in [-0.1, -0.05) is 109 Å². The van der Waals surface area contributed by atoms with Crippen LogP contribution in [0, 0.1) is 0 Å². The molecule has 29 heavy (non-hydrogen) atoms. The van der Waals surface area contributed by atoms with E-state index in [4.69, 9.17) is 0 Å². The quantitative estimate of drug-likeness (QED) is 0.466. The highest BCUT2D eigenvalue weighted by molar-refractivity contribution is 7.80. The topological polar surface area (TPSA) is 37.3 Å². The molecule has 0 amide bonds. The van der Waals surface area contributed by atoms with E-state index in [1.165, 1.54) is 0 Å². The van der Waals surface area contributed by atoms with Crippen LogP contribution in [0.25, 0.3) is 11.1 Å². The van der Waals surface area contributed by atoms with Gasteiger partial charge in [-0.05, 0) is 22.3 Å². The Kier molecular flexibility index (Phi) is 4.47. The number of fused-ring (bicyclic) bond motifs is 3. The predicted octanol–water partition coefficient (Wildman–Crippen LogP) is 5.46. The standard InChI is InChI=1S/C26H21O2P/c27-25(19-11-3-1-4-12-19)26(20-13-5-2-6-14-20)29(28)23-17-9-7-15-21(23)22-16-8-10-18-24(22)29/h1-18,25-27H. The van der Waals surface area contributed by atoms with Crippen LogP contribution in [0.3, 0.4) is 0 Å². The molecular formula is C26H21O2P. The first-order valence-electron chi connectivity index (χ1n) is 9.78. The van der Waals surface area contributed by atoms with Crippen molar-refractivity contribution < 1.29 is 9.67 Å². The third-order valence-electron chi connectivity index (χ3n) is 5.79. The van der Waals surface area contributed by atoms with Gasteiger partial charge in [0.2, 0.25) is 0 Å². The van der Waals surface area contributed by atoms with Gasteiger partial charge in [0.25, 0.3) is 0 Å². The second kappa shape index (κ2) is 7.15. The molecule has 0 spiro atoms. The summed E-state index contributed by atoms with van der Waals surface area (Å²) in [5.74, 6) is 0. The molecule has 142 valence electrons. The highest BCUT2D eigenvalue weighted by atomic mass is 31.2. The summed E-state index contributed by atoms with van der Waals surface area (Å²) in [4.78, 5) is 0. The van der Waals surface area contributed by atoms with E-state index in [1.807, 2.05) is 109 Å². The zero-order chi connectivity index (χ0) is 19.8. The lowest BCUT2D eigenvalue weighted by Crippen LogP contribution is -2.22. The van der Waals surface area contributed by atoms with Gasteiger partial charge >= 0.3 is 0 Å². The lowest BCUT2D eigenvalue weighted by molar-refractivity contribution is 0.171. The number of rotatable bonds is 4. The Hall–Kier alpha value is -2.93. The summed E-state index contributed by atoms with van der Waals surface area (Å²) in [5.41, 5.74) is 3.12. The Morgan fingerprint density at radius 2 is 0.966 bits per heavy atom. The molecular weight excluding hydrogens is 375 g/mol. The van der Waals surface area contributed by atoms with Crippen LogP contribution in [-0.2, 0) is 4.57 Å². The number of hydrogen-bond donors (Lipinski definition) is 1. The third kappa shape index (κ3) is 2.80. The molecule has 1 N–H and O–H groups in total. The maximum absolute atomic E-state index is 15.0. The van der Waals surface area contributed by atoms with E-state index in [0.717, 1.165) is 32.9 Å². The van der Waals surface area contributed by atoms with Crippen molar-refractivity contribution in [2.24, 2.45) is 0 Å². The molecule has 1 heterocycles. The average molecular weight is 396 g/mol. The van der Waals surface area contributed by atoms with Crippen LogP contribution in [0.4, 0.5) is 0 Å². The van der Waals surface area contributed by atoms with Crippen molar-refractivity contribution >= 4 is 17.8 Å². The van der Waals surface area contributed by atoms with Gasteiger partial charge in [0, 0.05) is 10.6 Å². The average Bonchev–Trinajstić information content (AvgIpc) is 3.05. The van der Waals surface area contributed by atoms with Crippen molar-refractivity contribution in [1.29, 1.82) is 0 Å². The fraction of sp³-hybridized carbons (Fsp3) is 0.0769. The Balaban J connectivity index is 1.80. The van der Waals surface area contributed by atoms with Crippen molar-refractivity contribution in [1.82, 2.24) is 0 Å². The van der Waals surface area contributed by atoms with Gasteiger partial charge in [-0.3, -0.25) is 0 Å². The summed E-state index contributed by atoms with van der Waals surface area (Å²) in [6.07, 6.45) is -0.886. The third-order valence-corrected chi connectivity index (χ3v) is 9.36. The van der Waals surface area contributed by atoms with Gasteiger partial charge in [-0.15, -0.1) is 0 Å². The van der Waals surface area contributed by atoms with E-state index in [-0.39, 0.29) is 0 Å². The lowest BCUT2D eigenvalue weighted by Gasteiger charge is -2.31. The van der Waals surface area contributed by atoms with E-state index in [9.17, 15) is 5.11 Å². The molecule has 0 saturated carbocycles. The van der Waals surface area contributed by atoms with Gasteiger partial charge in [0.1, 0.15) is 0 Å². The molecule has 2 unspecified atom stereocenters. The second-order valence-corrected chi connectivity index (χ2v) is 10.2. The lowest BCUT2D eigenvalue weighted by atomic mass is 10.0. The normalized spacial score (nSPS) is 15.9. The van der Waals surface area contributed by atoms with Gasteiger partial charge in [-0.2, -0.15) is 0 Å². The minimum absolute atomic E-state index is 0.559. The molecule has 0 bridgehead atoms. The first kappa shape index (κ1) is 18.1. The monoisotopic (exact) mass is 396 g/mol. The minimum atomic E-state index is -3.15. The SMILES string of the molecule is O=P1(C(c2ccccc2)C(O)c2ccccc2)c2ccccc2-c2ccccc21. The molecule has 1 aliphatic rings. The van der Waals surface area contributed by atoms with Crippen LogP contribution in [0.15, 0.2) is 109 Å². The van der Waals surface area contributed by atoms with Crippen molar-refractivity contribution in [2.75, 3.05) is 0 Å². The van der Waals surface area contributed by atoms with Crippen LogP contribution in [-0.4, -0.2) is 5.11 Å². The van der Waals surface area contributed by atoms with Crippen molar-refractivity contribution in [3.8, 4) is 11.1 Å². The first-order chi connectivity index (χ1) is 14.2. The van der Waals surface area contributed by atoms with Gasteiger partial charge in [0.15, 0.2) is 7.14 Å². The summed E-state index contributed by atoms with van der Waals surface area (Å²) >= 11 is 0. The summed E-state index contributed by atoms with van der Waals surface area (Å²) < 4.78 is 15.0. The first-order valence-corrected chi connectivity index (χ1v) is 11.6. The molecule has 0 radical (unpaired) electrons. The Bertz CT molecular complexity index is 1150. The fourth-order valence-corrected chi connectivity index (χ4v) is 8.23. The predicted molar refractivity (Wildman–Crippen MR) is 119 cm³/mol. The molecule has 4 aromatic rings. The Morgan fingerprint density at radius 1 is 0.552 bits per heavy atom. The maximum atomic E-state index is 15.0. The zero-order valence-corrected chi connectivity index (χ0v) is 16.7. The maximum Gasteiger partial charge on any atom is 0.154 e. The molecule has 2 atom stereocenters. The fourth-order valence-electron chi connectivity index (χ4n) is 4.49. The van der Waals surface area contributed by atoms with Crippen molar-refractivity contribution in [3.05, 3.63) is 120 Å². The molecule has 0 fully saturated rings. The van der Waals surface area contributed by atoms with Crippen LogP contribution in [0.2, 0.25) is 0 Å². The number of aliphatic hydroxyl groups is 1. The van der Waals surface area contributed by atoms with E-state index >= 15 is 4.57 Å². The van der Waals surface area contributed by atoms with Crippen LogP contribution in [0.5, 0.6) is 0 Å².